The summed E-state index contributed by atoms with van der Waals surface area (Å²) in [7, 11) is 0. The molecule has 2 atom stereocenters. The lowest BCUT2D eigenvalue weighted by Gasteiger charge is -2.25. The SMILES string of the molecule is CCCCCCCCCCC(CCCCCCCC)CN1C(=O)c2c(c(-c3ccc(Br)s3)n(CC(CCCCCCCC)CCCCCCCCCC)c2-c2ccc(Br)s2)C1=O. The zero-order valence-electron chi connectivity index (χ0n) is 39.8. The van der Waals surface area contributed by atoms with Crippen molar-refractivity contribution in [2.24, 2.45) is 11.8 Å². The maximum atomic E-state index is 15.1. The lowest BCUT2D eigenvalue weighted by molar-refractivity contribution is 0.0620. The summed E-state index contributed by atoms with van der Waals surface area (Å²) in [5.74, 6) is 0.698. The molecule has 0 aromatic carbocycles. The largest absolute Gasteiger partial charge is 0.338 e. The molecule has 1 aliphatic heterocycles. The number of halogens is 2. The maximum Gasteiger partial charge on any atom is 0.263 e. The highest BCUT2D eigenvalue weighted by molar-refractivity contribution is 9.11. The van der Waals surface area contributed by atoms with Gasteiger partial charge in [-0.05, 0) is 93.6 Å². The lowest BCUT2D eigenvalue weighted by atomic mass is 9.93. The third-order valence-electron chi connectivity index (χ3n) is 13.5. The second kappa shape index (κ2) is 31.7. The smallest absolute Gasteiger partial charge is 0.263 e. The Balaban J connectivity index is 1.64. The Kier molecular flexibility index (Phi) is 27.3. The number of rotatable bonds is 38. The van der Waals surface area contributed by atoms with Crippen molar-refractivity contribution in [1.29, 1.82) is 0 Å². The third kappa shape index (κ3) is 17.9. The highest BCUT2D eigenvalue weighted by Crippen LogP contribution is 2.47. The van der Waals surface area contributed by atoms with Gasteiger partial charge in [-0.1, -0.05) is 207 Å². The number of carbonyl (C=O) groups excluding carboxylic acids is 2. The fourth-order valence-corrected chi connectivity index (χ4v) is 12.8. The Morgan fingerprint density at radius 1 is 0.419 bits per heavy atom. The van der Waals surface area contributed by atoms with Gasteiger partial charge in [-0.3, -0.25) is 14.5 Å². The van der Waals surface area contributed by atoms with Crippen molar-refractivity contribution < 1.29 is 9.59 Å². The van der Waals surface area contributed by atoms with Crippen molar-refractivity contribution in [2.75, 3.05) is 6.54 Å². The number of fused-ring (bicyclic) bond motifs is 1. The van der Waals surface area contributed by atoms with E-state index in [-0.39, 0.29) is 11.8 Å². The molecule has 0 saturated carbocycles. The van der Waals surface area contributed by atoms with E-state index in [1.807, 2.05) is 0 Å². The van der Waals surface area contributed by atoms with Crippen molar-refractivity contribution >= 4 is 66.3 Å². The molecule has 3 aromatic heterocycles. The molecule has 4 heterocycles. The molecular formula is C54H86Br2N2O2S2. The van der Waals surface area contributed by atoms with E-state index in [4.69, 9.17) is 0 Å². The van der Waals surface area contributed by atoms with Gasteiger partial charge in [-0.15, -0.1) is 22.7 Å². The molecule has 350 valence electrons. The first-order chi connectivity index (χ1) is 30.3. The van der Waals surface area contributed by atoms with Crippen molar-refractivity contribution in [3.63, 3.8) is 0 Å². The summed E-state index contributed by atoms with van der Waals surface area (Å²) in [4.78, 5) is 34.0. The zero-order chi connectivity index (χ0) is 44.4. The van der Waals surface area contributed by atoms with E-state index in [0.717, 1.165) is 48.1 Å². The number of unbranched alkanes of at least 4 members (excludes halogenated alkanes) is 24. The van der Waals surface area contributed by atoms with Crippen LogP contribution in [0.25, 0.3) is 21.1 Å². The number of thiophene rings is 2. The lowest BCUT2D eigenvalue weighted by Crippen LogP contribution is -2.35. The molecule has 62 heavy (non-hydrogen) atoms. The van der Waals surface area contributed by atoms with E-state index in [1.165, 1.54) is 193 Å². The van der Waals surface area contributed by atoms with Gasteiger partial charge in [-0.25, -0.2) is 0 Å². The maximum absolute atomic E-state index is 15.1. The topological polar surface area (TPSA) is 42.3 Å². The first-order valence-corrected chi connectivity index (χ1v) is 29.2. The molecule has 0 fully saturated rings. The van der Waals surface area contributed by atoms with Crippen LogP contribution in [-0.4, -0.2) is 27.8 Å². The highest BCUT2D eigenvalue weighted by Gasteiger charge is 2.45. The van der Waals surface area contributed by atoms with Crippen LogP contribution in [0, 0.1) is 11.8 Å². The monoisotopic (exact) mass is 1020 g/mol. The molecule has 0 N–H and O–H groups in total. The predicted molar refractivity (Wildman–Crippen MR) is 279 cm³/mol. The molecule has 3 aromatic rings. The Bertz CT molecular complexity index is 1600. The number of imide groups is 1. The van der Waals surface area contributed by atoms with Crippen LogP contribution < -0.4 is 0 Å². The molecule has 0 saturated heterocycles. The van der Waals surface area contributed by atoms with Gasteiger partial charge in [-0.2, -0.15) is 0 Å². The van der Waals surface area contributed by atoms with Crippen molar-refractivity contribution in [3.05, 3.63) is 43.0 Å². The second-order valence-corrected chi connectivity index (χ2v) is 23.8. The molecule has 8 heteroatoms. The van der Waals surface area contributed by atoms with Crippen LogP contribution in [-0.2, 0) is 6.54 Å². The average Bonchev–Trinajstić information content (AvgIpc) is 4.03. The first-order valence-electron chi connectivity index (χ1n) is 26.0. The number of nitrogens with zero attached hydrogens (tertiary/aromatic N) is 2. The number of carbonyl (C=O) groups is 2. The second-order valence-electron chi connectivity index (χ2n) is 18.9. The van der Waals surface area contributed by atoms with Gasteiger partial charge in [0, 0.05) is 13.1 Å². The molecule has 4 rings (SSSR count). The Morgan fingerprint density at radius 3 is 1.00 bits per heavy atom. The van der Waals surface area contributed by atoms with Crippen molar-refractivity contribution in [1.82, 2.24) is 9.47 Å². The van der Waals surface area contributed by atoms with Gasteiger partial charge in [0.05, 0.1) is 39.8 Å². The minimum absolute atomic E-state index is 0.0699. The Morgan fingerprint density at radius 2 is 0.710 bits per heavy atom. The van der Waals surface area contributed by atoms with Crippen LogP contribution in [0.5, 0.6) is 0 Å². The molecule has 0 aliphatic carbocycles. The number of hydrogen-bond acceptors (Lipinski definition) is 4. The quantitative estimate of drug-likeness (QED) is 0.0424. The van der Waals surface area contributed by atoms with Crippen LogP contribution in [0.15, 0.2) is 31.8 Å². The van der Waals surface area contributed by atoms with Gasteiger partial charge in [0.2, 0.25) is 0 Å². The molecule has 0 spiro atoms. The van der Waals surface area contributed by atoms with Gasteiger partial charge < -0.3 is 4.57 Å². The summed E-state index contributed by atoms with van der Waals surface area (Å²) in [6.07, 6.45) is 41.0. The molecular weight excluding hydrogens is 933 g/mol. The van der Waals surface area contributed by atoms with E-state index >= 15 is 9.59 Å². The summed E-state index contributed by atoms with van der Waals surface area (Å²) < 4.78 is 4.56. The average molecular weight is 1020 g/mol. The molecule has 0 bridgehead atoms. The molecule has 2 unspecified atom stereocenters. The van der Waals surface area contributed by atoms with Crippen LogP contribution in [0.3, 0.4) is 0 Å². The van der Waals surface area contributed by atoms with Gasteiger partial charge in [0.1, 0.15) is 0 Å². The Labute approximate surface area is 404 Å². The third-order valence-corrected chi connectivity index (χ3v) is 16.8. The summed E-state index contributed by atoms with van der Waals surface area (Å²) >= 11 is 10.9. The summed E-state index contributed by atoms with van der Waals surface area (Å²) in [5.41, 5.74) is 3.24. The molecule has 4 nitrogen and oxygen atoms in total. The predicted octanol–water partition coefficient (Wildman–Crippen LogP) is 19.9. The van der Waals surface area contributed by atoms with Crippen LogP contribution in [0.1, 0.15) is 254 Å². The number of amides is 2. The summed E-state index contributed by atoms with van der Waals surface area (Å²) in [6, 6.07) is 8.55. The van der Waals surface area contributed by atoms with Crippen LogP contribution in [0.4, 0.5) is 0 Å². The van der Waals surface area contributed by atoms with Gasteiger partial charge in [0.25, 0.3) is 11.8 Å². The number of aromatic nitrogens is 1. The van der Waals surface area contributed by atoms with Crippen LogP contribution in [0.2, 0.25) is 0 Å². The normalized spacial score (nSPS) is 13.8. The van der Waals surface area contributed by atoms with E-state index in [9.17, 15) is 0 Å². The standard InChI is InChI=1S/C54H86Br2N2O2S2/c1-5-9-13-17-21-23-27-31-34-43(33-29-25-19-15-11-7-3)41-57-51(45-37-39-47(55)61-45)49-50(52(57)46-38-40-48(56)62-46)54(60)58(53(49)59)42-44(35-30-26-20-16-12-8-4)36-32-28-24-22-18-14-10-6-2/h37-40,43-44H,5-36,41-42H2,1-4H3. The fourth-order valence-electron chi connectivity index (χ4n) is 9.87. The van der Waals surface area contributed by atoms with E-state index in [0.29, 0.717) is 29.5 Å². The Hall–Kier alpha value is -1.22. The molecule has 2 amide bonds. The zero-order valence-corrected chi connectivity index (χ0v) is 44.6. The van der Waals surface area contributed by atoms with Crippen LogP contribution >= 0.6 is 54.5 Å². The number of hydrogen-bond donors (Lipinski definition) is 0. The minimum atomic E-state index is -0.0699. The van der Waals surface area contributed by atoms with E-state index < -0.39 is 0 Å². The van der Waals surface area contributed by atoms with E-state index in [2.05, 4.69) is 88.4 Å². The van der Waals surface area contributed by atoms with Gasteiger partial charge >= 0.3 is 0 Å². The first kappa shape index (κ1) is 53.4. The molecule has 0 radical (unpaired) electrons. The minimum Gasteiger partial charge on any atom is -0.338 e. The summed E-state index contributed by atoms with van der Waals surface area (Å²) in [5, 5.41) is 0. The van der Waals surface area contributed by atoms with Crippen molar-refractivity contribution in [2.45, 2.75) is 240 Å². The summed E-state index contributed by atoms with van der Waals surface area (Å²) in [6.45, 7) is 10.5. The fraction of sp³-hybridized carbons (Fsp3) is 0.741. The highest BCUT2D eigenvalue weighted by atomic mass is 79.9. The van der Waals surface area contributed by atoms with E-state index in [1.54, 1.807) is 27.6 Å². The van der Waals surface area contributed by atoms with Crippen molar-refractivity contribution in [3.8, 4) is 21.1 Å². The molecule has 1 aliphatic rings. The van der Waals surface area contributed by atoms with Gasteiger partial charge in [0.15, 0.2) is 0 Å².